The maximum absolute atomic E-state index is 12.3. The van der Waals surface area contributed by atoms with Gasteiger partial charge in [-0.15, -0.1) is 0 Å². The third-order valence-electron chi connectivity index (χ3n) is 2.89. The topological polar surface area (TPSA) is 87.7 Å². The smallest absolute Gasteiger partial charge is 0.428 e. The number of alkyl halides is 3. The van der Waals surface area contributed by atoms with Crippen LogP contribution in [0, 0.1) is 0 Å². The number of hydrazine groups is 1. The van der Waals surface area contributed by atoms with Crippen molar-refractivity contribution in [3.63, 3.8) is 0 Å². The fourth-order valence-corrected chi connectivity index (χ4v) is 2.00. The first-order valence-corrected chi connectivity index (χ1v) is 8.30. The van der Waals surface area contributed by atoms with Gasteiger partial charge in [0.1, 0.15) is 12.6 Å². The number of hydrogen-bond donors (Lipinski definition) is 2. The van der Waals surface area contributed by atoms with Gasteiger partial charge in [-0.2, -0.15) is 0 Å². The standard InChI is InChI=1S/C15H18Cl3N3O4/c1-10(22)19-12(8-11-6-4-3-5-7-11)13(23)20-21(2)14(24)25-9-15(16,17)18/h3-7,12H,8-9H2,1-2H3,(H,19,22)(H,20,23)/t12-/m0/s1. The zero-order chi connectivity index (χ0) is 19.0. The summed E-state index contributed by atoms with van der Waals surface area (Å²) in [6.07, 6.45) is -0.663. The van der Waals surface area contributed by atoms with Crippen LogP contribution in [0.25, 0.3) is 0 Å². The number of hydrogen-bond acceptors (Lipinski definition) is 4. The van der Waals surface area contributed by atoms with Crippen molar-refractivity contribution in [2.24, 2.45) is 0 Å². The van der Waals surface area contributed by atoms with Gasteiger partial charge >= 0.3 is 6.09 Å². The molecule has 0 saturated carbocycles. The molecular formula is C15H18Cl3N3O4. The maximum Gasteiger partial charge on any atom is 0.428 e. The van der Waals surface area contributed by atoms with Crippen LogP contribution in [-0.4, -0.2) is 46.4 Å². The quantitative estimate of drug-likeness (QED) is 0.575. The molecule has 1 aromatic carbocycles. The van der Waals surface area contributed by atoms with E-state index in [1.807, 2.05) is 30.3 Å². The SMILES string of the molecule is CC(=O)N[C@@H](Cc1ccccc1)C(=O)NN(C)C(=O)OCC(Cl)(Cl)Cl. The van der Waals surface area contributed by atoms with Crippen molar-refractivity contribution in [2.45, 2.75) is 23.2 Å². The lowest BCUT2D eigenvalue weighted by molar-refractivity contribution is -0.130. The van der Waals surface area contributed by atoms with Crippen LogP contribution in [0.3, 0.4) is 0 Å². The molecule has 0 radical (unpaired) electrons. The molecule has 0 saturated heterocycles. The van der Waals surface area contributed by atoms with Crippen molar-refractivity contribution in [3.05, 3.63) is 35.9 Å². The second-order valence-electron chi connectivity index (χ2n) is 5.15. The average Bonchev–Trinajstić information content (AvgIpc) is 2.51. The van der Waals surface area contributed by atoms with Crippen LogP contribution in [0.5, 0.6) is 0 Å². The third-order valence-corrected chi connectivity index (χ3v) is 3.22. The minimum Gasteiger partial charge on any atom is -0.444 e. The van der Waals surface area contributed by atoms with E-state index in [2.05, 4.69) is 10.7 Å². The summed E-state index contributed by atoms with van der Waals surface area (Å²) < 4.78 is 2.98. The van der Waals surface area contributed by atoms with E-state index in [0.717, 1.165) is 10.6 Å². The maximum atomic E-state index is 12.3. The summed E-state index contributed by atoms with van der Waals surface area (Å²) in [5.74, 6) is -0.968. The zero-order valence-corrected chi connectivity index (χ0v) is 15.9. The highest BCUT2D eigenvalue weighted by atomic mass is 35.6. The first-order valence-electron chi connectivity index (χ1n) is 7.17. The van der Waals surface area contributed by atoms with Crippen LogP contribution in [-0.2, 0) is 20.7 Å². The summed E-state index contributed by atoms with van der Waals surface area (Å²) in [6.45, 7) is 0.820. The molecule has 1 rings (SSSR count). The van der Waals surface area contributed by atoms with E-state index < -0.39 is 28.4 Å². The number of carbonyl (C=O) groups is 3. The van der Waals surface area contributed by atoms with Crippen LogP contribution in [0.4, 0.5) is 4.79 Å². The van der Waals surface area contributed by atoms with Crippen LogP contribution in [0.15, 0.2) is 30.3 Å². The van der Waals surface area contributed by atoms with Gasteiger partial charge < -0.3 is 10.1 Å². The van der Waals surface area contributed by atoms with Crippen molar-refractivity contribution >= 4 is 52.7 Å². The number of nitrogens with one attached hydrogen (secondary N) is 2. The molecule has 0 bridgehead atoms. The molecule has 0 unspecified atom stereocenters. The summed E-state index contributed by atoms with van der Waals surface area (Å²) in [5.41, 5.74) is 3.16. The Hall–Kier alpha value is -1.70. The lowest BCUT2D eigenvalue weighted by Crippen LogP contribution is -2.53. The van der Waals surface area contributed by atoms with Crippen LogP contribution < -0.4 is 10.7 Å². The number of rotatable bonds is 5. The molecule has 1 aromatic rings. The van der Waals surface area contributed by atoms with Crippen molar-refractivity contribution in [1.29, 1.82) is 0 Å². The predicted molar refractivity (Wildman–Crippen MR) is 95.3 cm³/mol. The van der Waals surface area contributed by atoms with Crippen LogP contribution in [0.2, 0.25) is 0 Å². The van der Waals surface area contributed by atoms with Gasteiger partial charge in [-0.05, 0) is 5.56 Å². The molecule has 0 aliphatic rings. The highest BCUT2D eigenvalue weighted by Gasteiger charge is 2.26. The first kappa shape index (κ1) is 21.3. The Morgan fingerprint density at radius 2 is 1.80 bits per heavy atom. The van der Waals surface area contributed by atoms with E-state index in [-0.39, 0.29) is 12.3 Å². The second kappa shape index (κ2) is 9.70. The third kappa shape index (κ3) is 8.81. The van der Waals surface area contributed by atoms with Crippen LogP contribution in [0.1, 0.15) is 12.5 Å². The monoisotopic (exact) mass is 409 g/mol. The molecule has 0 aliphatic carbocycles. The predicted octanol–water partition coefficient (Wildman–Crippen LogP) is 2.20. The Bertz CT molecular complexity index is 608. The largest absolute Gasteiger partial charge is 0.444 e. The lowest BCUT2D eigenvalue weighted by atomic mass is 10.1. The van der Waals surface area contributed by atoms with Gasteiger partial charge in [0.25, 0.3) is 5.91 Å². The zero-order valence-electron chi connectivity index (χ0n) is 13.6. The van der Waals surface area contributed by atoms with Crippen LogP contribution >= 0.6 is 34.8 Å². The summed E-state index contributed by atoms with van der Waals surface area (Å²) in [5, 5.41) is 3.34. The summed E-state index contributed by atoms with van der Waals surface area (Å²) in [4.78, 5) is 35.4. The number of benzene rings is 1. The van der Waals surface area contributed by atoms with E-state index >= 15 is 0 Å². The molecule has 0 aromatic heterocycles. The molecule has 10 heteroatoms. The van der Waals surface area contributed by atoms with Crippen molar-refractivity contribution in [2.75, 3.05) is 13.7 Å². The van der Waals surface area contributed by atoms with Crippen molar-refractivity contribution < 1.29 is 19.1 Å². The average molecular weight is 411 g/mol. The minimum atomic E-state index is -1.76. The second-order valence-corrected chi connectivity index (χ2v) is 7.66. The van der Waals surface area contributed by atoms with Gasteiger partial charge in [-0.3, -0.25) is 15.0 Å². The van der Waals surface area contributed by atoms with Gasteiger partial charge in [0.2, 0.25) is 9.70 Å². The molecule has 0 fully saturated rings. The Kier molecular flexibility index (Phi) is 8.28. The molecular weight excluding hydrogens is 393 g/mol. The molecule has 0 heterocycles. The van der Waals surface area contributed by atoms with Gasteiger partial charge in [0.15, 0.2) is 0 Å². The van der Waals surface area contributed by atoms with Crippen molar-refractivity contribution in [3.8, 4) is 0 Å². The highest BCUT2D eigenvalue weighted by molar-refractivity contribution is 6.67. The van der Waals surface area contributed by atoms with Gasteiger partial charge in [0, 0.05) is 20.4 Å². The molecule has 1 atom stereocenters. The molecule has 0 aliphatic heterocycles. The molecule has 25 heavy (non-hydrogen) atoms. The molecule has 0 spiro atoms. The summed E-state index contributed by atoms with van der Waals surface area (Å²) in [6, 6.07) is 8.24. The van der Waals surface area contributed by atoms with E-state index in [1.54, 1.807) is 0 Å². The molecule has 2 N–H and O–H groups in total. The van der Waals surface area contributed by atoms with Crippen molar-refractivity contribution in [1.82, 2.24) is 15.8 Å². The van der Waals surface area contributed by atoms with E-state index in [0.29, 0.717) is 0 Å². The number of amides is 3. The lowest BCUT2D eigenvalue weighted by Gasteiger charge is -2.23. The summed E-state index contributed by atoms with van der Waals surface area (Å²) >= 11 is 16.5. The fraction of sp³-hybridized carbons (Fsp3) is 0.400. The number of halogens is 3. The van der Waals surface area contributed by atoms with E-state index in [4.69, 9.17) is 39.5 Å². The molecule has 138 valence electrons. The highest BCUT2D eigenvalue weighted by Crippen LogP contribution is 2.26. The Balaban J connectivity index is 2.67. The van der Waals surface area contributed by atoms with Gasteiger partial charge in [-0.25, -0.2) is 9.80 Å². The van der Waals surface area contributed by atoms with Gasteiger partial charge in [-0.1, -0.05) is 65.1 Å². The fourth-order valence-electron chi connectivity index (χ4n) is 1.83. The minimum absolute atomic E-state index is 0.253. The molecule has 3 amide bonds. The summed E-state index contributed by atoms with van der Waals surface area (Å²) in [7, 11) is 1.27. The first-order chi connectivity index (χ1) is 11.6. The number of nitrogens with zero attached hydrogens (tertiary/aromatic N) is 1. The number of ether oxygens (including phenoxy) is 1. The van der Waals surface area contributed by atoms with Gasteiger partial charge in [0.05, 0.1) is 0 Å². The Labute approximate surface area is 160 Å². The Morgan fingerprint density at radius 3 is 2.32 bits per heavy atom. The molecule has 7 nitrogen and oxygen atoms in total. The van der Waals surface area contributed by atoms with E-state index in [9.17, 15) is 14.4 Å². The number of carbonyl (C=O) groups excluding carboxylic acids is 3. The Morgan fingerprint density at radius 1 is 1.20 bits per heavy atom. The van der Waals surface area contributed by atoms with E-state index in [1.165, 1.54) is 14.0 Å². The normalized spacial score (nSPS) is 12.0.